The van der Waals surface area contributed by atoms with Crippen LogP contribution in [-0.4, -0.2) is 89.0 Å². The summed E-state index contributed by atoms with van der Waals surface area (Å²) in [5.41, 5.74) is 0. The maximum absolute atomic E-state index is 12.6. The molecule has 0 aromatic rings. The van der Waals surface area contributed by atoms with Gasteiger partial charge < -0.3 is 39.4 Å². The Kier molecular flexibility index (Phi) is 26.4. The lowest BCUT2D eigenvalue weighted by atomic mass is 9.99. The smallest absolute Gasteiger partial charge is 0.306 e. The van der Waals surface area contributed by atoms with Gasteiger partial charge in [-0.05, 0) is 44.9 Å². The topological polar surface area (TPSA) is 152 Å². The largest absolute Gasteiger partial charge is 0.462 e. The van der Waals surface area contributed by atoms with Crippen molar-refractivity contribution in [2.75, 3.05) is 19.8 Å². The fraction of sp³-hybridized carbons (Fsp3) is 0.784. The summed E-state index contributed by atoms with van der Waals surface area (Å²) >= 11 is 0. The van der Waals surface area contributed by atoms with E-state index in [1.165, 1.54) is 19.3 Å². The molecule has 0 saturated carbocycles. The molecular formula is C37H64O10. The van der Waals surface area contributed by atoms with Crippen molar-refractivity contribution < 1.29 is 49.0 Å². The van der Waals surface area contributed by atoms with E-state index in [1.54, 1.807) is 0 Å². The second kappa shape index (κ2) is 28.9. The predicted octanol–water partition coefficient (Wildman–Crippen LogP) is 5.99. The van der Waals surface area contributed by atoms with E-state index in [9.17, 15) is 30.0 Å². The van der Waals surface area contributed by atoms with Crippen LogP contribution in [0.5, 0.6) is 0 Å². The molecule has 0 bridgehead atoms. The van der Waals surface area contributed by atoms with Crippen molar-refractivity contribution >= 4 is 11.9 Å². The highest BCUT2D eigenvalue weighted by Crippen LogP contribution is 2.22. The van der Waals surface area contributed by atoms with E-state index in [4.69, 9.17) is 18.9 Å². The first-order chi connectivity index (χ1) is 22.8. The van der Waals surface area contributed by atoms with Gasteiger partial charge >= 0.3 is 11.9 Å². The molecule has 1 aliphatic heterocycles. The minimum Gasteiger partial charge on any atom is -0.462 e. The van der Waals surface area contributed by atoms with Gasteiger partial charge in [-0.25, -0.2) is 0 Å². The second-order valence-corrected chi connectivity index (χ2v) is 12.3. The van der Waals surface area contributed by atoms with Crippen molar-refractivity contribution in [1.29, 1.82) is 0 Å². The third-order valence-corrected chi connectivity index (χ3v) is 8.04. The summed E-state index contributed by atoms with van der Waals surface area (Å²) in [4.78, 5) is 25.0. The summed E-state index contributed by atoms with van der Waals surface area (Å²) in [6.45, 7) is 3.21. The highest BCUT2D eigenvalue weighted by molar-refractivity contribution is 5.70. The predicted molar refractivity (Wildman–Crippen MR) is 182 cm³/mol. The molecule has 10 heteroatoms. The number of hydrogen-bond donors (Lipinski definition) is 4. The van der Waals surface area contributed by atoms with Crippen LogP contribution in [0.4, 0.5) is 0 Å². The molecule has 47 heavy (non-hydrogen) atoms. The van der Waals surface area contributed by atoms with Crippen LogP contribution in [0.3, 0.4) is 0 Å². The van der Waals surface area contributed by atoms with Gasteiger partial charge in [0.1, 0.15) is 31.0 Å². The molecule has 0 spiro atoms. The molecule has 1 aliphatic rings. The molecule has 0 radical (unpaired) electrons. The van der Waals surface area contributed by atoms with Crippen LogP contribution in [0.15, 0.2) is 36.5 Å². The Morgan fingerprint density at radius 2 is 1.26 bits per heavy atom. The molecule has 2 unspecified atom stereocenters. The average Bonchev–Trinajstić information content (AvgIpc) is 3.06. The fourth-order valence-corrected chi connectivity index (χ4v) is 5.14. The van der Waals surface area contributed by atoms with E-state index in [0.717, 1.165) is 77.0 Å². The van der Waals surface area contributed by atoms with E-state index in [-0.39, 0.29) is 26.1 Å². The van der Waals surface area contributed by atoms with Crippen molar-refractivity contribution in [3.05, 3.63) is 36.5 Å². The van der Waals surface area contributed by atoms with Crippen LogP contribution in [0.1, 0.15) is 129 Å². The first kappa shape index (κ1) is 42.9. The highest BCUT2D eigenvalue weighted by Gasteiger charge is 2.44. The Morgan fingerprint density at radius 1 is 0.681 bits per heavy atom. The molecule has 10 nitrogen and oxygen atoms in total. The van der Waals surface area contributed by atoms with Crippen molar-refractivity contribution in [3.8, 4) is 0 Å². The Bertz CT molecular complexity index is 871. The maximum atomic E-state index is 12.6. The number of carbonyl (C=O) groups is 2. The molecule has 6 atom stereocenters. The first-order valence-corrected chi connectivity index (χ1v) is 18.1. The van der Waals surface area contributed by atoms with Crippen LogP contribution >= 0.6 is 0 Å². The Hall–Kier alpha value is -2.08. The minimum absolute atomic E-state index is 0.211. The van der Waals surface area contributed by atoms with Crippen LogP contribution in [0, 0.1) is 0 Å². The molecule has 1 saturated heterocycles. The van der Waals surface area contributed by atoms with Crippen LogP contribution in [0.25, 0.3) is 0 Å². The number of aliphatic hydroxyl groups excluding tert-OH is 4. The summed E-state index contributed by atoms with van der Waals surface area (Å²) in [5.74, 6) is -0.838. The zero-order valence-corrected chi connectivity index (χ0v) is 29.0. The molecule has 0 aromatic carbocycles. The van der Waals surface area contributed by atoms with E-state index >= 15 is 0 Å². The maximum Gasteiger partial charge on any atom is 0.306 e. The van der Waals surface area contributed by atoms with Gasteiger partial charge in [-0.2, -0.15) is 0 Å². The van der Waals surface area contributed by atoms with E-state index in [1.807, 2.05) is 0 Å². The summed E-state index contributed by atoms with van der Waals surface area (Å²) in [7, 11) is 0. The van der Waals surface area contributed by atoms with Crippen molar-refractivity contribution in [1.82, 2.24) is 0 Å². The number of unbranched alkanes of at least 4 members (excludes halogenated alkanes) is 11. The van der Waals surface area contributed by atoms with Crippen molar-refractivity contribution in [2.45, 2.75) is 166 Å². The molecule has 1 heterocycles. The summed E-state index contributed by atoms with van der Waals surface area (Å²) in [5, 5.41) is 39.8. The Morgan fingerprint density at radius 3 is 1.89 bits per heavy atom. The monoisotopic (exact) mass is 668 g/mol. The molecule has 0 aromatic heterocycles. The third-order valence-electron chi connectivity index (χ3n) is 8.04. The Labute approximate surface area is 283 Å². The van der Waals surface area contributed by atoms with Gasteiger partial charge in [0, 0.05) is 12.8 Å². The number of hydrogen-bond acceptors (Lipinski definition) is 10. The molecule has 1 fully saturated rings. The number of rotatable bonds is 28. The molecular weight excluding hydrogens is 604 g/mol. The number of aliphatic hydroxyl groups is 4. The van der Waals surface area contributed by atoms with E-state index in [2.05, 4.69) is 50.3 Å². The van der Waals surface area contributed by atoms with Crippen molar-refractivity contribution in [3.63, 3.8) is 0 Å². The van der Waals surface area contributed by atoms with Crippen LogP contribution in [0.2, 0.25) is 0 Å². The molecule has 4 N–H and O–H groups in total. The average molecular weight is 669 g/mol. The summed E-state index contributed by atoms with van der Waals surface area (Å²) < 4.78 is 21.9. The lowest BCUT2D eigenvalue weighted by Crippen LogP contribution is -2.59. The summed E-state index contributed by atoms with van der Waals surface area (Å²) in [6.07, 6.45) is 21.8. The fourth-order valence-electron chi connectivity index (χ4n) is 5.14. The molecule has 0 amide bonds. The van der Waals surface area contributed by atoms with Crippen LogP contribution in [-0.2, 0) is 28.5 Å². The third kappa shape index (κ3) is 21.5. The first-order valence-electron chi connectivity index (χ1n) is 18.1. The SMILES string of the molecule is CC/C=C/C/C=C/C/C=C/CCCCCCCC(=O)O[C@H](COC(=O)CCCCCCCCC)CO[C@H]1O[C@@H](CO)[C@@H](O)C(O)C1O. The van der Waals surface area contributed by atoms with Gasteiger partial charge in [0.15, 0.2) is 12.4 Å². The number of esters is 2. The normalized spacial score (nSPS) is 22.4. The zero-order chi connectivity index (χ0) is 34.5. The van der Waals surface area contributed by atoms with Gasteiger partial charge in [0.25, 0.3) is 0 Å². The van der Waals surface area contributed by atoms with Crippen molar-refractivity contribution in [2.24, 2.45) is 0 Å². The second-order valence-electron chi connectivity index (χ2n) is 12.3. The van der Waals surface area contributed by atoms with Gasteiger partial charge in [-0.3, -0.25) is 9.59 Å². The molecule has 272 valence electrons. The van der Waals surface area contributed by atoms with Gasteiger partial charge in [-0.15, -0.1) is 0 Å². The lowest BCUT2D eigenvalue weighted by Gasteiger charge is -2.39. The standard InChI is InChI=1S/C37H64O10/c1-3-5-7-9-11-12-13-14-15-16-17-18-20-22-24-26-33(40)46-30(28-44-32(39)25-23-21-19-10-8-6-4-2)29-45-37-36(43)35(42)34(41)31(27-38)47-37/h5,7,11-12,14-15,30-31,34-38,41-43H,3-4,6,8-10,13,16-29H2,1-2H3/b7-5+,12-11+,15-14+/t30-,31+,34-,35?,36?,37+/m1/s1. The lowest BCUT2D eigenvalue weighted by molar-refractivity contribution is -0.305. The number of carbonyl (C=O) groups excluding carboxylic acids is 2. The molecule has 0 aliphatic carbocycles. The van der Waals surface area contributed by atoms with E-state index in [0.29, 0.717) is 6.42 Å². The summed E-state index contributed by atoms with van der Waals surface area (Å²) in [6, 6.07) is 0. The van der Waals surface area contributed by atoms with Gasteiger partial charge in [0.2, 0.25) is 0 Å². The van der Waals surface area contributed by atoms with E-state index < -0.39 is 55.4 Å². The quantitative estimate of drug-likeness (QED) is 0.0445. The molecule has 1 rings (SSSR count). The van der Waals surface area contributed by atoms with Crippen LogP contribution < -0.4 is 0 Å². The number of ether oxygens (including phenoxy) is 4. The highest BCUT2D eigenvalue weighted by atomic mass is 16.7. The Balaban J connectivity index is 2.42. The zero-order valence-electron chi connectivity index (χ0n) is 29.0. The minimum atomic E-state index is -1.59. The van der Waals surface area contributed by atoms with Gasteiger partial charge in [0.05, 0.1) is 13.2 Å². The number of allylic oxidation sites excluding steroid dienone is 6. The van der Waals surface area contributed by atoms with Gasteiger partial charge in [-0.1, -0.05) is 108 Å².